The van der Waals surface area contributed by atoms with Crippen molar-refractivity contribution in [2.45, 2.75) is 97.1 Å². The highest BCUT2D eigenvalue weighted by Crippen LogP contribution is 2.45. The summed E-state index contributed by atoms with van der Waals surface area (Å²) in [4.78, 5) is 67.3. The van der Waals surface area contributed by atoms with Crippen LogP contribution >= 0.6 is 0 Å². The van der Waals surface area contributed by atoms with E-state index in [9.17, 15) is 29.3 Å². The van der Waals surface area contributed by atoms with E-state index in [1.165, 1.54) is 24.1 Å². The van der Waals surface area contributed by atoms with Crippen molar-refractivity contribution in [2.75, 3.05) is 25.7 Å². The van der Waals surface area contributed by atoms with Gasteiger partial charge in [-0.3, -0.25) is 24.5 Å². The summed E-state index contributed by atoms with van der Waals surface area (Å²) < 4.78 is 17.6. The lowest BCUT2D eigenvalue weighted by Gasteiger charge is -2.38. The molecule has 3 N–H and O–H groups in total. The largest absolute Gasteiger partial charge is 0.496 e. The van der Waals surface area contributed by atoms with Crippen LogP contribution in [0.1, 0.15) is 86.5 Å². The zero-order valence-electron chi connectivity index (χ0n) is 38.2. The molecule has 3 atom stereocenters. The monoisotopic (exact) mass is 889 g/mol. The number of rotatable bonds is 17. The number of aryl methyl sites for hydroxylation is 1. The Labute approximate surface area is 376 Å². The molecule has 1 heterocycles. The lowest BCUT2D eigenvalue weighted by molar-refractivity contribution is -0.385. The van der Waals surface area contributed by atoms with E-state index in [2.05, 4.69) is 50.0 Å². The molecule has 15 heteroatoms. The molecule has 1 aliphatic heterocycles. The van der Waals surface area contributed by atoms with Crippen LogP contribution in [0.15, 0.2) is 91.1 Å². The van der Waals surface area contributed by atoms with Crippen LogP contribution in [-0.2, 0) is 23.5 Å². The summed E-state index contributed by atoms with van der Waals surface area (Å²) in [6, 6.07) is 23.7. The van der Waals surface area contributed by atoms with Gasteiger partial charge >= 0.3 is 5.97 Å². The van der Waals surface area contributed by atoms with Gasteiger partial charge in [-0.25, -0.2) is 10.2 Å². The van der Waals surface area contributed by atoms with Crippen molar-refractivity contribution in [3.8, 4) is 16.9 Å². The maximum absolute atomic E-state index is 14.2. The number of benzene rings is 4. The summed E-state index contributed by atoms with van der Waals surface area (Å²) in [7, 11) is -0.770. The Morgan fingerprint density at radius 2 is 1.52 bits per heavy atom. The molecule has 0 spiro atoms. The summed E-state index contributed by atoms with van der Waals surface area (Å²) in [6.45, 7) is 17.7. The van der Waals surface area contributed by atoms with Gasteiger partial charge in [0.25, 0.3) is 17.4 Å². The molecule has 0 bridgehead atoms. The van der Waals surface area contributed by atoms with E-state index in [1.54, 1.807) is 33.9 Å². The minimum absolute atomic E-state index is 0.00819. The average Bonchev–Trinajstić information content (AvgIpc) is 3.84. The number of methoxy groups -OCH3 is 1. The number of nitro groups is 1. The highest BCUT2D eigenvalue weighted by atomic mass is 28.4. The third kappa shape index (κ3) is 10.1. The molecule has 4 aromatic carbocycles. The molecule has 2 aliphatic rings. The number of hydrazine groups is 1. The molecule has 2 amide bonds. The number of hydrogen-bond acceptors (Lipinski definition) is 11. The van der Waals surface area contributed by atoms with E-state index in [0.717, 1.165) is 33.4 Å². The number of esters is 1. The second kappa shape index (κ2) is 19.3. The Morgan fingerprint density at radius 3 is 2.08 bits per heavy atom. The zero-order chi connectivity index (χ0) is 46.7. The molecule has 1 unspecified atom stereocenters. The summed E-state index contributed by atoms with van der Waals surface area (Å²) in [5.41, 5.74) is 12.7. The minimum atomic E-state index is -2.23. The van der Waals surface area contributed by atoms with Crippen LogP contribution in [0.25, 0.3) is 16.7 Å². The number of carbonyl (C=O) groups is 4. The van der Waals surface area contributed by atoms with E-state index < -0.39 is 60.9 Å². The van der Waals surface area contributed by atoms with Crippen molar-refractivity contribution in [3.05, 3.63) is 129 Å². The predicted octanol–water partition coefficient (Wildman–Crippen LogP) is 8.56. The first-order chi connectivity index (χ1) is 30.2. The van der Waals surface area contributed by atoms with E-state index in [0.29, 0.717) is 23.4 Å². The molecule has 0 fully saturated rings. The topological polar surface area (TPSA) is 178 Å². The number of nitrogens with zero attached hydrogens (tertiary/aromatic N) is 2. The molecule has 4 aromatic rings. The highest BCUT2D eigenvalue weighted by Gasteiger charge is 2.41. The normalized spacial score (nSPS) is 15.8. The molecule has 1 aliphatic carbocycles. The van der Waals surface area contributed by atoms with Gasteiger partial charge < -0.3 is 29.5 Å². The van der Waals surface area contributed by atoms with Crippen molar-refractivity contribution < 1.29 is 38.0 Å². The van der Waals surface area contributed by atoms with Crippen LogP contribution in [0.4, 0.5) is 11.4 Å². The third-order valence-electron chi connectivity index (χ3n) is 12.6. The Morgan fingerprint density at radius 1 is 0.906 bits per heavy atom. The summed E-state index contributed by atoms with van der Waals surface area (Å²) in [6.07, 6.45) is 2.19. The summed E-state index contributed by atoms with van der Waals surface area (Å²) in [5, 5.41) is 14.8. The first-order valence-electron chi connectivity index (χ1n) is 21.5. The number of amides is 2. The number of nitro benzene ring substituents is 1. The van der Waals surface area contributed by atoms with Gasteiger partial charge in [0.15, 0.2) is 8.32 Å². The number of nitrogens with one attached hydrogen (secondary N) is 3. The maximum atomic E-state index is 14.2. The number of ketones is 1. The van der Waals surface area contributed by atoms with Crippen molar-refractivity contribution in [2.24, 2.45) is 5.92 Å². The van der Waals surface area contributed by atoms with Gasteiger partial charge in [-0.05, 0) is 95.4 Å². The number of carbonyl (C=O) groups excluding carboxylic acids is 4. The Hall–Kier alpha value is -6.16. The molecule has 64 heavy (non-hydrogen) atoms. The highest BCUT2D eigenvalue weighted by molar-refractivity contribution is 6.74. The van der Waals surface area contributed by atoms with E-state index >= 15 is 0 Å². The van der Waals surface area contributed by atoms with Crippen molar-refractivity contribution in [1.82, 2.24) is 15.6 Å². The lowest BCUT2D eigenvalue weighted by Crippen LogP contribution is -2.53. The number of fused-ring (bicyclic) bond motifs is 3. The van der Waals surface area contributed by atoms with Gasteiger partial charge in [-0.15, -0.1) is 0 Å². The molecule has 338 valence electrons. The van der Waals surface area contributed by atoms with Crippen molar-refractivity contribution in [3.63, 3.8) is 0 Å². The summed E-state index contributed by atoms with van der Waals surface area (Å²) >= 11 is 0. The molecule has 0 saturated heterocycles. The van der Waals surface area contributed by atoms with Crippen LogP contribution in [0.5, 0.6) is 5.75 Å². The van der Waals surface area contributed by atoms with E-state index in [-0.39, 0.29) is 35.4 Å². The van der Waals surface area contributed by atoms with Gasteiger partial charge in [0, 0.05) is 29.9 Å². The SMILES string of the molecule is COc1cc(C(=O)N2C=C(c3ccc(NN[C@@H](C)C(=O)NC(C(=O)C(=O)OCC4c5ccccc5-c5ccccc54)C(C)C)cc3)C[C@H]2CO[Si](C)(C)C(C)(C)C)c([N+](=O)[O-])cc1C. The van der Waals surface area contributed by atoms with Gasteiger partial charge in [-0.2, -0.15) is 0 Å². The fourth-order valence-corrected chi connectivity index (χ4v) is 8.79. The van der Waals surface area contributed by atoms with Gasteiger partial charge in [0.1, 0.15) is 30.0 Å². The molecule has 6 rings (SSSR count). The molecule has 0 aromatic heterocycles. The smallest absolute Gasteiger partial charge is 0.376 e. The second-order valence-corrected chi connectivity index (χ2v) is 23.2. The Bertz CT molecular complexity index is 2420. The van der Waals surface area contributed by atoms with Gasteiger partial charge in [0.2, 0.25) is 5.91 Å². The Balaban J connectivity index is 1.09. The maximum Gasteiger partial charge on any atom is 0.376 e. The van der Waals surface area contributed by atoms with E-state index in [4.69, 9.17) is 13.9 Å². The van der Waals surface area contributed by atoms with E-state index in [1.807, 2.05) is 72.8 Å². The van der Waals surface area contributed by atoms with Crippen LogP contribution in [0, 0.1) is 23.0 Å². The average molecular weight is 890 g/mol. The minimum Gasteiger partial charge on any atom is -0.496 e. The van der Waals surface area contributed by atoms with Crippen LogP contribution in [0.2, 0.25) is 18.1 Å². The standard InChI is InChI=1S/C49H59N5O9Si/c1-29(2)44(45(55)48(58)62-28-41-38-17-13-11-15-36(38)37-16-12-14-18-39(37)41)50-46(56)31(4)51-52-34-21-19-32(20-22-34)33-24-35(27-63-64(9,10)49(5,6)7)53(26-33)47(57)40-25-43(61-8)30(3)23-42(40)54(59)60/h11-23,25-26,29,31,35,41,44,51-52H,24,27-28H2,1-10H3,(H,50,56)/t31-,35-,44?/m0/s1. The van der Waals surface area contributed by atoms with Gasteiger partial charge in [-0.1, -0.05) is 95.3 Å². The molecule has 14 nitrogen and oxygen atoms in total. The number of ether oxygens (including phenoxy) is 2. The first-order valence-corrected chi connectivity index (χ1v) is 24.4. The fourth-order valence-electron chi connectivity index (χ4n) is 7.74. The first kappa shape index (κ1) is 47.3. The Kier molecular flexibility index (Phi) is 14.3. The van der Waals surface area contributed by atoms with Crippen molar-refractivity contribution >= 4 is 48.8 Å². The molecule has 0 saturated carbocycles. The molecular formula is C49H59N5O9Si. The van der Waals surface area contributed by atoms with Crippen molar-refractivity contribution in [1.29, 1.82) is 0 Å². The zero-order valence-corrected chi connectivity index (χ0v) is 39.2. The number of Topliss-reactive ketones (excluding diaryl/α,β-unsaturated/α-hetero) is 1. The quantitative estimate of drug-likeness (QED) is 0.0304. The van der Waals surface area contributed by atoms with Crippen LogP contribution < -0.4 is 20.9 Å². The third-order valence-corrected chi connectivity index (χ3v) is 17.1. The predicted molar refractivity (Wildman–Crippen MR) is 249 cm³/mol. The number of anilines is 1. The van der Waals surface area contributed by atoms with Crippen LogP contribution in [-0.4, -0.2) is 80.2 Å². The second-order valence-electron chi connectivity index (χ2n) is 18.4. The van der Waals surface area contributed by atoms with Gasteiger partial charge in [0.05, 0.1) is 24.7 Å². The number of hydrogen-bond donors (Lipinski definition) is 3. The summed E-state index contributed by atoms with van der Waals surface area (Å²) in [5.74, 6) is -3.09. The molecular weight excluding hydrogens is 831 g/mol. The molecule has 0 radical (unpaired) electrons. The van der Waals surface area contributed by atoms with Crippen LogP contribution in [0.3, 0.4) is 0 Å². The lowest BCUT2D eigenvalue weighted by atomic mass is 9.97. The fraction of sp³-hybridized carbons (Fsp3) is 0.388.